The van der Waals surface area contributed by atoms with E-state index in [0.717, 1.165) is 12.1 Å². The van der Waals surface area contributed by atoms with E-state index in [4.69, 9.17) is 10.3 Å². The highest BCUT2D eigenvalue weighted by atomic mass is 19.1. The number of ether oxygens (including phenoxy) is 1. The van der Waals surface area contributed by atoms with E-state index in [2.05, 4.69) is 10.0 Å². The van der Waals surface area contributed by atoms with Crippen LogP contribution in [0.4, 0.5) is 4.39 Å². The van der Waals surface area contributed by atoms with Gasteiger partial charge in [-0.05, 0) is 44.0 Å². The molecular weight excluding hydrogens is 265 g/mol. The summed E-state index contributed by atoms with van der Waals surface area (Å²) >= 11 is 0. The van der Waals surface area contributed by atoms with Crippen molar-refractivity contribution in [2.75, 3.05) is 0 Å². The molecule has 0 aliphatic carbocycles. The highest BCUT2D eigenvalue weighted by molar-refractivity contribution is 5.77. The molecule has 6 nitrogen and oxygen atoms in total. The van der Waals surface area contributed by atoms with E-state index in [9.17, 15) is 14.3 Å². The van der Waals surface area contributed by atoms with Gasteiger partial charge in [0.15, 0.2) is 6.04 Å². The van der Waals surface area contributed by atoms with Crippen molar-refractivity contribution < 1.29 is 19.0 Å². The molecule has 1 N–H and O–H groups in total. The SMILES string of the molecule is CC(C)(C)OC(=O)[C@@H](N=[N+]=[N-])[C@H](O)c1ccc(F)cc1. The number of halogens is 1. The van der Waals surface area contributed by atoms with Crippen molar-refractivity contribution in [2.45, 2.75) is 38.5 Å². The van der Waals surface area contributed by atoms with Crippen LogP contribution in [0.2, 0.25) is 0 Å². The summed E-state index contributed by atoms with van der Waals surface area (Å²) < 4.78 is 17.9. The van der Waals surface area contributed by atoms with Crippen LogP contribution in [-0.2, 0) is 9.53 Å². The summed E-state index contributed by atoms with van der Waals surface area (Å²) in [5.74, 6) is -1.31. The lowest BCUT2D eigenvalue weighted by Gasteiger charge is -2.24. The third kappa shape index (κ3) is 4.53. The highest BCUT2D eigenvalue weighted by Crippen LogP contribution is 2.22. The molecule has 0 heterocycles. The molecule has 0 aromatic heterocycles. The van der Waals surface area contributed by atoms with Crippen molar-refractivity contribution in [3.05, 3.63) is 46.1 Å². The lowest BCUT2D eigenvalue weighted by molar-refractivity contribution is -0.159. The smallest absolute Gasteiger partial charge is 0.318 e. The Morgan fingerprint density at radius 3 is 2.40 bits per heavy atom. The van der Waals surface area contributed by atoms with E-state index in [1.165, 1.54) is 12.1 Å². The van der Waals surface area contributed by atoms with Gasteiger partial charge < -0.3 is 9.84 Å². The molecule has 7 heteroatoms. The third-order valence-electron chi connectivity index (χ3n) is 2.33. The second kappa shape index (κ2) is 6.36. The fraction of sp³-hybridized carbons (Fsp3) is 0.462. The first-order chi connectivity index (χ1) is 9.24. The lowest BCUT2D eigenvalue weighted by Crippen LogP contribution is -2.34. The average molecular weight is 281 g/mol. The van der Waals surface area contributed by atoms with Crippen LogP contribution in [0.5, 0.6) is 0 Å². The van der Waals surface area contributed by atoms with E-state index in [0.29, 0.717) is 0 Å². The van der Waals surface area contributed by atoms with Gasteiger partial charge in [0, 0.05) is 4.91 Å². The number of benzene rings is 1. The van der Waals surface area contributed by atoms with E-state index < -0.39 is 29.5 Å². The molecule has 0 radical (unpaired) electrons. The molecule has 108 valence electrons. The topological polar surface area (TPSA) is 95.3 Å². The van der Waals surface area contributed by atoms with E-state index >= 15 is 0 Å². The zero-order valence-corrected chi connectivity index (χ0v) is 11.4. The Balaban J connectivity index is 2.98. The van der Waals surface area contributed by atoms with Crippen molar-refractivity contribution >= 4 is 5.97 Å². The van der Waals surface area contributed by atoms with Gasteiger partial charge in [-0.1, -0.05) is 17.2 Å². The Labute approximate surface area is 115 Å². The maximum atomic E-state index is 12.8. The zero-order valence-electron chi connectivity index (χ0n) is 11.4. The molecule has 1 aromatic carbocycles. The Morgan fingerprint density at radius 1 is 1.40 bits per heavy atom. The zero-order chi connectivity index (χ0) is 15.3. The van der Waals surface area contributed by atoms with Crippen LogP contribution in [0, 0.1) is 5.82 Å². The van der Waals surface area contributed by atoms with Crippen molar-refractivity contribution in [1.82, 2.24) is 0 Å². The summed E-state index contributed by atoms with van der Waals surface area (Å²) in [6, 6.07) is 3.47. The summed E-state index contributed by atoms with van der Waals surface area (Å²) in [4.78, 5) is 14.5. The molecule has 0 amide bonds. The second-order valence-corrected chi connectivity index (χ2v) is 5.18. The standard InChI is InChI=1S/C13H16FN3O3/c1-13(2,3)20-12(19)10(16-17-15)11(18)8-4-6-9(14)7-5-8/h4-7,10-11,18H,1-3H3/t10-,11+/m0/s1. The van der Waals surface area contributed by atoms with Gasteiger partial charge in [0.1, 0.15) is 11.4 Å². The number of carbonyl (C=O) groups excluding carboxylic acids is 1. The summed E-state index contributed by atoms with van der Waals surface area (Å²) in [7, 11) is 0. The molecule has 1 rings (SSSR count). The van der Waals surface area contributed by atoms with Crippen LogP contribution < -0.4 is 0 Å². The largest absolute Gasteiger partial charge is 0.460 e. The molecule has 20 heavy (non-hydrogen) atoms. The van der Waals surface area contributed by atoms with E-state index in [1.54, 1.807) is 20.8 Å². The Kier molecular flexibility index (Phi) is 5.07. The molecular formula is C13H16FN3O3. The first kappa shape index (κ1) is 15.9. The van der Waals surface area contributed by atoms with Gasteiger partial charge in [0.05, 0.1) is 6.10 Å². The fourth-order valence-electron chi connectivity index (χ4n) is 1.50. The fourth-order valence-corrected chi connectivity index (χ4v) is 1.50. The lowest BCUT2D eigenvalue weighted by atomic mass is 10.0. The maximum Gasteiger partial charge on any atom is 0.318 e. The third-order valence-corrected chi connectivity index (χ3v) is 2.33. The van der Waals surface area contributed by atoms with Gasteiger partial charge in [0.2, 0.25) is 0 Å². The molecule has 0 bridgehead atoms. The van der Waals surface area contributed by atoms with Crippen LogP contribution >= 0.6 is 0 Å². The summed E-state index contributed by atoms with van der Waals surface area (Å²) in [5, 5.41) is 13.4. The number of aliphatic hydroxyl groups excluding tert-OH is 1. The summed E-state index contributed by atoms with van der Waals surface area (Å²) in [6.45, 7) is 4.97. The summed E-state index contributed by atoms with van der Waals surface area (Å²) in [6.07, 6.45) is -1.40. The highest BCUT2D eigenvalue weighted by Gasteiger charge is 2.31. The van der Waals surface area contributed by atoms with Gasteiger partial charge in [0.25, 0.3) is 0 Å². The molecule has 0 fully saturated rings. The van der Waals surface area contributed by atoms with Gasteiger partial charge in [-0.2, -0.15) is 0 Å². The second-order valence-electron chi connectivity index (χ2n) is 5.18. The molecule has 2 atom stereocenters. The summed E-state index contributed by atoms with van der Waals surface area (Å²) in [5.41, 5.74) is 7.99. The number of nitrogens with zero attached hydrogens (tertiary/aromatic N) is 3. The molecule has 0 saturated heterocycles. The van der Waals surface area contributed by atoms with Gasteiger partial charge >= 0.3 is 5.97 Å². The molecule has 0 aliphatic heterocycles. The van der Waals surface area contributed by atoms with Gasteiger partial charge in [-0.3, -0.25) is 4.79 Å². The van der Waals surface area contributed by atoms with Crippen LogP contribution in [-0.4, -0.2) is 22.7 Å². The first-order valence-electron chi connectivity index (χ1n) is 5.95. The predicted octanol–water partition coefficient (Wildman–Crippen LogP) is 2.88. The molecule has 0 aliphatic rings. The van der Waals surface area contributed by atoms with Crippen molar-refractivity contribution in [1.29, 1.82) is 0 Å². The number of aliphatic hydroxyl groups is 1. The number of carbonyl (C=O) groups is 1. The molecule has 0 unspecified atom stereocenters. The molecule has 0 saturated carbocycles. The number of rotatable bonds is 4. The normalized spacial score (nSPS) is 14.1. The van der Waals surface area contributed by atoms with Gasteiger partial charge in [-0.25, -0.2) is 4.39 Å². The Bertz CT molecular complexity index is 519. The van der Waals surface area contributed by atoms with Crippen molar-refractivity contribution in [2.24, 2.45) is 5.11 Å². The Morgan fingerprint density at radius 2 is 1.95 bits per heavy atom. The van der Waals surface area contributed by atoms with Crippen LogP contribution in [0.15, 0.2) is 29.4 Å². The minimum Gasteiger partial charge on any atom is -0.460 e. The number of hydrogen-bond acceptors (Lipinski definition) is 4. The minimum atomic E-state index is -1.43. The number of esters is 1. The minimum absolute atomic E-state index is 0.259. The average Bonchev–Trinajstić information content (AvgIpc) is 2.34. The van der Waals surface area contributed by atoms with E-state index in [-0.39, 0.29) is 5.56 Å². The van der Waals surface area contributed by atoms with Crippen molar-refractivity contribution in [3.8, 4) is 0 Å². The van der Waals surface area contributed by atoms with Crippen LogP contribution in [0.25, 0.3) is 10.4 Å². The van der Waals surface area contributed by atoms with Crippen LogP contribution in [0.1, 0.15) is 32.4 Å². The molecule has 0 spiro atoms. The quantitative estimate of drug-likeness (QED) is 0.398. The molecule has 1 aromatic rings. The van der Waals surface area contributed by atoms with Gasteiger partial charge in [-0.15, -0.1) is 0 Å². The monoisotopic (exact) mass is 281 g/mol. The van der Waals surface area contributed by atoms with E-state index in [1.807, 2.05) is 0 Å². The van der Waals surface area contributed by atoms with Crippen LogP contribution in [0.3, 0.4) is 0 Å². The predicted molar refractivity (Wildman–Crippen MR) is 70.1 cm³/mol. The first-order valence-corrected chi connectivity index (χ1v) is 5.95. The number of hydrogen-bond donors (Lipinski definition) is 1. The Hall–Kier alpha value is -2.11. The maximum absolute atomic E-state index is 12.8. The number of azide groups is 1. The van der Waals surface area contributed by atoms with Crippen molar-refractivity contribution in [3.63, 3.8) is 0 Å².